The number of hydrogen-bond acceptors (Lipinski definition) is 6. The lowest BCUT2D eigenvalue weighted by molar-refractivity contribution is 0.0542. The van der Waals surface area contributed by atoms with Gasteiger partial charge in [-0.1, -0.05) is 12.1 Å². The van der Waals surface area contributed by atoms with Crippen LogP contribution in [-0.2, 0) is 0 Å². The molecule has 3 heterocycles. The first kappa shape index (κ1) is 22.4. The summed E-state index contributed by atoms with van der Waals surface area (Å²) in [5, 5.41) is 2.66. The van der Waals surface area contributed by atoms with Gasteiger partial charge in [-0.25, -0.2) is 4.98 Å². The Balaban J connectivity index is 1.56. The maximum atomic E-state index is 13.5. The van der Waals surface area contributed by atoms with Crippen LogP contribution >= 0.6 is 0 Å². The number of amides is 2. The van der Waals surface area contributed by atoms with Crippen LogP contribution in [0.3, 0.4) is 0 Å². The van der Waals surface area contributed by atoms with Crippen LogP contribution in [0.25, 0.3) is 0 Å². The average molecular weight is 446 g/mol. The van der Waals surface area contributed by atoms with E-state index in [2.05, 4.69) is 20.2 Å². The molecule has 0 bridgehead atoms. The third-order valence-corrected chi connectivity index (χ3v) is 5.80. The van der Waals surface area contributed by atoms with Gasteiger partial charge in [0.1, 0.15) is 11.3 Å². The van der Waals surface area contributed by atoms with E-state index in [9.17, 15) is 9.59 Å². The van der Waals surface area contributed by atoms with Crippen LogP contribution in [0.15, 0.2) is 60.9 Å². The van der Waals surface area contributed by atoms with E-state index in [1.807, 2.05) is 43.1 Å². The van der Waals surface area contributed by atoms with Crippen molar-refractivity contribution in [3.63, 3.8) is 0 Å². The minimum atomic E-state index is -0.140. The summed E-state index contributed by atoms with van der Waals surface area (Å²) in [6.45, 7) is 3.68. The van der Waals surface area contributed by atoms with Gasteiger partial charge < -0.3 is 15.0 Å². The number of pyridine rings is 2. The molecule has 1 unspecified atom stereocenters. The number of nitrogens with zero attached hydrogens (tertiary/aromatic N) is 4. The van der Waals surface area contributed by atoms with E-state index >= 15 is 0 Å². The van der Waals surface area contributed by atoms with Crippen LogP contribution in [0.5, 0.6) is 11.6 Å². The average Bonchev–Trinajstić information content (AvgIpc) is 2.85. The van der Waals surface area contributed by atoms with Gasteiger partial charge in [-0.3, -0.25) is 19.5 Å². The Morgan fingerprint density at radius 1 is 1.09 bits per heavy atom. The van der Waals surface area contributed by atoms with Gasteiger partial charge in [0.05, 0.1) is 12.2 Å². The second kappa shape index (κ2) is 9.79. The SMILES string of the molecule is CNC(=O)c1cccc(C2CN(C(=O)c3cccnc3Oc3ccc(C)nc3)CCN2C)c1. The van der Waals surface area contributed by atoms with Crippen molar-refractivity contribution in [2.75, 3.05) is 33.7 Å². The van der Waals surface area contributed by atoms with Gasteiger partial charge >= 0.3 is 0 Å². The van der Waals surface area contributed by atoms with Crippen LogP contribution in [-0.4, -0.2) is 65.3 Å². The summed E-state index contributed by atoms with van der Waals surface area (Å²) in [4.78, 5) is 38.1. The normalized spacial score (nSPS) is 16.3. The number of carbonyl (C=O) groups is 2. The molecule has 2 aromatic heterocycles. The zero-order valence-electron chi connectivity index (χ0n) is 19.0. The molecule has 8 nitrogen and oxygen atoms in total. The Morgan fingerprint density at radius 2 is 1.94 bits per heavy atom. The van der Waals surface area contributed by atoms with E-state index in [-0.39, 0.29) is 23.7 Å². The molecule has 1 aliphatic heterocycles. The summed E-state index contributed by atoms with van der Waals surface area (Å²) in [7, 11) is 3.64. The van der Waals surface area contributed by atoms with Crippen molar-refractivity contribution in [3.8, 4) is 11.6 Å². The molecular formula is C25H27N5O3. The van der Waals surface area contributed by atoms with Crippen LogP contribution in [0.1, 0.15) is 38.0 Å². The number of hydrogen-bond donors (Lipinski definition) is 1. The molecule has 1 N–H and O–H groups in total. The number of nitrogens with one attached hydrogen (secondary N) is 1. The van der Waals surface area contributed by atoms with Crippen molar-refractivity contribution in [3.05, 3.63) is 83.3 Å². The summed E-state index contributed by atoms with van der Waals surface area (Å²) in [6.07, 6.45) is 3.22. The van der Waals surface area contributed by atoms with Crippen molar-refractivity contribution in [1.29, 1.82) is 0 Å². The number of piperazine rings is 1. The Bertz CT molecular complexity index is 1150. The largest absolute Gasteiger partial charge is 0.437 e. The van der Waals surface area contributed by atoms with Crippen LogP contribution in [0.2, 0.25) is 0 Å². The summed E-state index contributed by atoms with van der Waals surface area (Å²) in [5.41, 5.74) is 2.87. The van der Waals surface area contributed by atoms with Gasteiger partial charge in [-0.05, 0) is 55.9 Å². The smallest absolute Gasteiger partial charge is 0.259 e. The van der Waals surface area contributed by atoms with E-state index < -0.39 is 0 Å². The number of carbonyl (C=O) groups excluding carboxylic acids is 2. The molecule has 2 amide bonds. The molecule has 0 saturated carbocycles. The number of aromatic nitrogens is 2. The van der Waals surface area contributed by atoms with Crippen molar-refractivity contribution in [1.82, 2.24) is 25.1 Å². The maximum absolute atomic E-state index is 13.5. The number of ether oxygens (including phenoxy) is 1. The number of rotatable bonds is 5. The van der Waals surface area contributed by atoms with Gasteiger partial charge in [-0.15, -0.1) is 0 Å². The monoisotopic (exact) mass is 445 g/mol. The molecule has 1 saturated heterocycles. The second-order valence-electron chi connectivity index (χ2n) is 8.05. The van der Waals surface area contributed by atoms with Gasteiger partial charge in [-0.2, -0.15) is 0 Å². The maximum Gasteiger partial charge on any atom is 0.259 e. The number of aryl methyl sites for hydroxylation is 1. The second-order valence-corrected chi connectivity index (χ2v) is 8.05. The first-order valence-electron chi connectivity index (χ1n) is 10.8. The summed E-state index contributed by atoms with van der Waals surface area (Å²) in [6, 6.07) is 14.6. The summed E-state index contributed by atoms with van der Waals surface area (Å²) in [5.74, 6) is 0.505. The molecule has 1 aromatic carbocycles. The molecule has 1 atom stereocenters. The van der Waals surface area contributed by atoms with Crippen molar-refractivity contribution < 1.29 is 14.3 Å². The zero-order valence-corrected chi connectivity index (χ0v) is 19.0. The first-order chi connectivity index (χ1) is 16.0. The predicted octanol–water partition coefficient (Wildman–Crippen LogP) is 3.07. The molecule has 3 aromatic rings. The zero-order chi connectivity index (χ0) is 23.4. The molecule has 170 valence electrons. The Kier molecular flexibility index (Phi) is 6.65. The van der Waals surface area contributed by atoms with Gasteiger partial charge in [0, 0.05) is 44.1 Å². The van der Waals surface area contributed by atoms with E-state index in [4.69, 9.17) is 4.74 Å². The molecule has 8 heteroatoms. The summed E-state index contributed by atoms with van der Waals surface area (Å²) >= 11 is 0. The number of likely N-dealkylation sites (N-methyl/N-ethyl adjacent to an activating group) is 1. The van der Waals surface area contributed by atoms with Gasteiger partial charge in [0.25, 0.3) is 11.8 Å². The van der Waals surface area contributed by atoms with Crippen LogP contribution in [0, 0.1) is 6.92 Å². The van der Waals surface area contributed by atoms with E-state index in [1.165, 1.54) is 0 Å². The van der Waals surface area contributed by atoms with Crippen molar-refractivity contribution in [2.24, 2.45) is 0 Å². The highest BCUT2D eigenvalue weighted by Gasteiger charge is 2.31. The molecule has 0 aliphatic carbocycles. The molecule has 0 radical (unpaired) electrons. The van der Waals surface area contributed by atoms with Crippen molar-refractivity contribution in [2.45, 2.75) is 13.0 Å². The first-order valence-corrected chi connectivity index (χ1v) is 10.8. The molecular weight excluding hydrogens is 418 g/mol. The molecule has 1 fully saturated rings. The fourth-order valence-corrected chi connectivity index (χ4v) is 3.88. The lowest BCUT2D eigenvalue weighted by Crippen LogP contribution is -2.49. The quantitative estimate of drug-likeness (QED) is 0.650. The minimum Gasteiger partial charge on any atom is -0.437 e. The minimum absolute atomic E-state index is 0.0327. The van der Waals surface area contributed by atoms with E-state index in [0.29, 0.717) is 36.5 Å². The Morgan fingerprint density at radius 3 is 2.70 bits per heavy atom. The van der Waals surface area contributed by atoms with Crippen LogP contribution < -0.4 is 10.1 Å². The highest BCUT2D eigenvalue weighted by Crippen LogP contribution is 2.28. The highest BCUT2D eigenvalue weighted by atomic mass is 16.5. The topological polar surface area (TPSA) is 87.7 Å². The van der Waals surface area contributed by atoms with Crippen LogP contribution in [0.4, 0.5) is 0 Å². The molecule has 33 heavy (non-hydrogen) atoms. The van der Waals surface area contributed by atoms with E-state index in [0.717, 1.165) is 11.3 Å². The standard InChI is InChI=1S/C25H27N5O3/c1-17-9-10-20(15-28-17)33-24-21(8-5-11-27-24)25(32)30-13-12-29(3)22(16-30)18-6-4-7-19(14-18)23(31)26-2/h4-11,14-15,22H,12-13,16H2,1-3H3,(H,26,31). The predicted molar refractivity (Wildman–Crippen MR) is 124 cm³/mol. The Hall–Kier alpha value is -3.78. The lowest BCUT2D eigenvalue weighted by atomic mass is 9.99. The Labute approximate surface area is 193 Å². The highest BCUT2D eigenvalue weighted by molar-refractivity contribution is 5.96. The third kappa shape index (κ3) is 5.01. The lowest BCUT2D eigenvalue weighted by Gasteiger charge is -2.40. The van der Waals surface area contributed by atoms with E-state index in [1.54, 1.807) is 43.7 Å². The fourth-order valence-electron chi connectivity index (χ4n) is 3.88. The molecule has 4 rings (SSSR count). The van der Waals surface area contributed by atoms with Crippen molar-refractivity contribution >= 4 is 11.8 Å². The fraction of sp³-hybridized carbons (Fsp3) is 0.280. The number of benzene rings is 1. The molecule has 0 spiro atoms. The molecule has 1 aliphatic rings. The third-order valence-electron chi connectivity index (χ3n) is 5.80. The van der Waals surface area contributed by atoms with Gasteiger partial charge in [0.2, 0.25) is 5.88 Å². The van der Waals surface area contributed by atoms with Gasteiger partial charge in [0.15, 0.2) is 0 Å². The summed E-state index contributed by atoms with van der Waals surface area (Å²) < 4.78 is 5.89.